The van der Waals surface area contributed by atoms with Gasteiger partial charge in [-0.3, -0.25) is 0 Å². The van der Waals surface area contributed by atoms with E-state index in [4.69, 9.17) is 0 Å². The molecule has 3 aromatic carbocycles. The molecule has 1 heterocycles. The van der Waals surface area contributed by atoms with Crippen LogP contribution in [0.4, 0.5) is 14.5 Å². The molecule has 0 amide bonds. The second kappa shape index (κ2) is 7.33. The van der Waals surface area contributed by atoms with Crippen LogP contribution in [0, 0.1) is 18.6 Å². The fourth-order valence-corrected chi connectivity index (χ4v) is 4.80. The molecule has 3 aromatic rings. The summed E-state index contributed by atoms with van der Waals surface area (Å²) in [5.74, 6) is -1.73. The summed E-state index contributed by atoms with van der Waals surface area (Å²) in [6.45, 7) is 2.67. The van der Waals surface area contributed by atoms with Crippen LogP contribution < -0.4 is 4.31 Å². The van der Waals surface area contributed by atoms with E-state index in [2.05, 4.69) is 0 Å². The van der Waals surface area contributed by atoms with Gasteiger partial charge in [0.05, 0.1) is 12.2 Å². The highest BCUT2D eigenvalue weighted by molar-refractivity contribution is 7.92. The zero-order chi connectivity index (χ0) is 19.0. The minimum Gasteiger partial charge on any atom is -0.588 e. The fourth-order valence-electron chi connectivity index (χ4n) is 3.42. The number of benzene rings is 3. The van der Waals surface area contributed by atoms with Crippen molar-refractivity contribution < 1.29 is 13.3 Å². The highest BCUT2D eigenvalue weighted by atomic mass is 32.2. The number of aryl methyl sites for hydroxylation is 2. The van der Waals surface area contributed by atoms with E-state index in [0.717, 1.165) is 46.2 Å². The molecule has 138 valence electrons. The second-order valence-electron chi connectivity index (χ2n) is 6.74. The molecule has 27 heavy (non-hydrogen) atoms. The molecule has 0 radical (unpaired) electrons. The normalized spacial score (nSPS) is 14.7. The van der Waals surface area contributed by atoms with E-state index in [1.165, 1.54) is 6.07 Å². The molecule has 0 fully saturated rings. The SMILES string of the molecule is Cc1cccc([S+]([O-])N2CCCc3ccc(-c4ccc(F)c(F)c4)cc32)c1. The van der Waals surface area contributed by atoms with Gasteiger partial charge in [0.2, 0.25) is 0 Å². The van der Waals surface area contributed by atoms with E-state index in [-0.39, 0.29) is 0 Å². The number of fused-ring (bicyclic) bond motifs is 1. The third-order valence-corrected chi connectivity index (χ3v) is 6.24. The standard InChI is InChI=1S/C22H19F2NOS/c1-15-4-2-6-19(12-15)27(26)25-11-3-5-16-7-8-18(14-22(16)25)17-9-10-20(23)21(24)13-17/h2,4,6-10,12-14H,3,5,11H2,1H3. The lowest BCUT2D eigenvalue weighted by Crippen LogP contribution is -2.35. The molecule has 0 saturated heterocycles. The van der Waals surface area contributed by atoms with E-state index < -0.39 is 23.0 Å². The molecule has 0 aliphatic carbocycles. The first-order chi connectivity index (χ1) is 13.0. The highest BCUT2D eigenvalue weighted by Gasteiger charge is 2.28. The predicted octanol–water partition coefficient (Wildman–Crippen LogP) is 5.42. The molecule has 1 aliphatic heterocycles. The second-order valence-corrected chi connectivity index (χ2v) is 8.15. The molecule has 1 unspecified atom stereocenters. The summed E-state index contributed by atoms with van der Waals surface area (Å²) < 4.78 is 42.0. The molecule has 1 aliphatic rings. The molecule has 2 nitrogen and oxygen atoms in total. The number of anilines is 1. The van der Waals surface area contributed by atoms with E-state index >= 15 is 0 Å². The van der Waals surface area contributed by atoms with Gasteiger partial charge in [-0.15, -0.1) is 0 Å². The van der Waals surface area contributed by atoms with Crippen molar-refractivity contribution >= 4 is 17.0 Å². The van der Waals surface area contributed by atoms with Crippen molar-refractivity contribution in [2.45, 2.75) is 24.7 Å². The largest absolute Gasteiger partial charge is 0.588 e. The van der Waals surface area contributed by atoms with Gasteiger partial charge in [-0.05, 0) is 72.4 Å². The van der Waals surface area contributed by atoms with E-state index in [9.17, 15) is 13.3 Å². The maximum atomic E-state index is 13.6. The number of rotatable bonds is 3. The van der Waals surface area contributed by atoms with Crippen molar-refractivity contribution in [3.05, 3.63) is 83.4 Å². The molecule has 0 N–H and O–H groups in total. The van der Waals surface area contributed by atoms with Crippen molar-refractivity contribution in [2.24, 2.45) is 0 Å². The van der Waals surface area contributed by atoms with Crippen LogP contribution in [-0.4, -0.2) is 11.1 Å². The van der Waals surface area contributed by atoms with Gasteiger partial charge >= 0.3 is 0 Å². The number of hydrogen-bond donors (Lipinski definition) is 0. The molecule has 0 spiro atoms. The van der Waals surface area contributed by atoms with Crippen molar-refractivity contribution in [3.8, 4) is 11.1 Å². The number of hydrogen-bond acceptors (Lipinski definition) is 2. The Balaban J connectivity index is 1.73. The van der Waals surface area contributed by atoms with E-state index in [0.29, 0.717) is 12.1 Å². The van der Waals surface area contributed by atoms with Gasteiger partial charge in [0.1, 0.15) is 11.4 Å². The predicted molar refractivity (Wildman–Crippen MR) is 105 cm³/mol. The molecule has 0 saturated carbocycles. The molecular formula is C22H19F2NOS. The third kappa shape index (κ3) is 3.57. The Labute approximate surface area is 160 Å². The molecule has 0 bridgehead atoms. The summed E-state index contributed by atoms with van der Waals surface area (Å²) in [6, 6.07) is 17.4. The van der Waals surface area contributed by atoms with Crippen LogP contribution in [-0.2, 0) is 17.8 Å². The van der Waals surface area contributed by atoms with Crippen molar-refractivity contribution in [3.63, 3.8) is 0 Å². The van der Waals surface area contributed by atoms with Gasteiger partial charge in [0.15, 0.2) is 16.5 Å². The lowest BCUT2D eigenvalue weighted by Gasteiger charge is -2.31. The zero-order valence-electron chi connectivity index (χ0n) is 14.9. The molecule has 0 aromatic heterocycles. The van der Waals surface area contributed by atoms with Crippen LogP contribution in [0.1, 0.15) is 17.5 Å². The van der Waals surface area contributed by atoms with Gasteiger partial charge in [-0.2, -0.15) is 4.31 Å². The minimum absolute atomic E-state index is 0.601. The van der Waals surface area contributed by atoms with Crippen molar-refractivity contribution in [1.82, 2.24) is 0 Å². The van der Waals surface area contributed by atoms with E-state index in [1.54, 1.807) is 6.07 Å². The Morgan fingerprint density at radius 1 is 0.926 bits per heavy atom. The fraction of sp³-hybridized carbons (Fsp3) is 0.182. The van der Waals surface area contributed by atoms with Crippen LogP contribution in [0.3, 0.4) is 0 Å². The Morgan fingerprint density at radius 3 is 2.48 bits per heavy atom. The first-order valence-corrected chi connectivity index (χ1v) is 9.98. The first kappa shape index (κ1) is 18.0. The summed E-state index contributed by atoms with van der Waals surface area (Å²) >= 11 is -1.31. The molecule has 4 rings (SSSR count). The summed E-state index contributed by atoms with van der Waals surface area (Å²) in [7, 11) is 0. The molecular weight excluding hydrogens is 364 g/mol. The van der Waals surface area contributed by atoms with Gasteiger partial charge < -0.3 is 4.55 Å². The minimum atomic E-state index is -1.31. The topological polar surface area (TPSA) is 26.3 Å². The molecule has 1 atom stereocenters. The van der Waals surface area contributed by atoms with Crippen molar-refractivity contribution in [2.75, 3.05) is 10.8 Å². The van der Waals surface area contributed by atoms with Crippen LogP contribution >= 0.6 is 0 Å². The van der Waals surface area contributed by atoms with Crippen LogP contribution in [0.5, 0.6) is 0 Å². The lowest BCUT2D eigenvalue weighted by atomic mass is 9.98. The van der Waals surface area contributed by atoms with Crippen molar-refractivity contribution in [1.29, 1.82) is 0 Å². The Kier molecular flexibility index (Phi) is 4.89. The van der Waals surface area contributed by atoms with Crippen LogP contribution in [0.25, 0.3) is 11.1 Å². The Hall–Kier alpha value is -2.37. The summed E-state index contributed by atoms with van der Waals surface area (Å²) in [5, 5.41) is 0. The quantitative estimate of drug-likeness (QED) is 0.565. The first-order valence-electron chi connectivity index (χ1n) is 8.87. The summed E-state index contributed by atoms with van der Waals surface area (Å²) in [5.41, 5.74) is 4.45. The maximum absolute atomic E-state index is 13.6. The molecule has 5 heteroatoms. The van der Waals surface area contributed by atoms with Crippen LogP contribution in [0.15, 0.2) is 65.6 Å². The maximum Gasteiger partial charge on any atom is 0.180 e. The van der Waals surface area contributed by atoms with Crippen LogP contribution in [0.2, 0.25) is 0 Å². The Bertz CT molecular complexity index is 992. The van der Waals surface area contributed by atoms with Gasteiger partial charge in [-0.25, -0.2) is 8.78 Å². The monoisotopic (exact) mass is 383 g/mol. The summed E-state index contributed by atoms with van der Waals surface area (Å²) in [6.07, 6.45) is 1.84. The number of nitrogens with zero attached hydrogens (tertiary/aromatic N) is 1. The Morgan fingerprint density at radius 2 is 1.70 bits per heavy atom. The smallest absolute Gasteiger partial charge is 0.180 e. The van der Waals surface area contributed by atoms with Gasteiger partial charge in [0.25, 0.3) is 0 Å². The summed E-state index contributed by atoms with van der Waals surface area (Å²) in [4.78, 5) is 0.765. The van der Waals surface area contributed by atoms with E-state index in [1.807, 2.05) is 53.7 Å². The lowest BCUT2D eigenvalue weighted by molar-refractivity contribution is 0.509. The van der Waals surface area contributed by atoms with Gasteiger partial charge in [-0.1, -0.05) is 30.3 Å². The average molecular weight is 383 g/mol. The third-order valence-electron chi connectivity index (χ3n) is 4.81. The number of halogens is 2. The van der Waals surface area contributed by atoms with Gasteiger partial charge in [0, 0.05) is 0 Å². The average Bonchev–Trinajstić information content (AvgIpc) is 2.68. The zero-order valence-corrected chi connectivity index (χ0v) is 15.7. The highest BCUT2D eigenvalue weighted by Crippen LogP contribution is 2.35.